The Bertz CT molecular complexity index is 860. The minimum Gasteiger partial charge on any atom is -0.338 e. The topological polar surface area (TPSA) is 51.0 Å². The third kappa shape index (κ3) is 2.17. The summed E-state index contributed by atoms with van der Waals surface area (Å²) in [5, 5.41) is 10.2. The Morgan fingerprint density at radius 3 is 2.96 bits per heavy atom. The van der Waals surface area contributed by atoms with E-state index in [-0.39, 0.29) is 17.8 Å². The van der Waals surface area contributed by atoms with Crippen LogP contribution in [-0.2, 0) is 5.41 Å². The minimum atomic E-state index is 0. The fourth-order valence-electron chi connectivity index (χ4n) is 4.46. The van der Waals surface area contributed by atoms with Crippen LogP contribution in [0.15, 0.2) is 47.0 Å². The second-order valence-electron chi connectivity index (χ2n) is 6.83. The van der Waals surface area contributed by atoms with Gasteiger partial charge in [-0.15, -0.1) is 12.4 Å². The third-order valence-electron chi connectivity index (χ3n) is 5.67. The van der Waals surface area contributed by atoms with E-state index in [4.69, 9.17) is 9.51 Å². The van der Waals surface area contributed by atoms with E-state index in [1.165, 1.54) is 23.6 Å². The Balaban J connectivity index is 0.00000146. The molecule has 0 unspecified atom stereocenters. The van der Waals surface area contributed by atoms with Crippen molar-refractivity contribution in [2.24, 2.45) is 5.92 Å². The van der Waals surface area contributed by atoms with Gasteiger partial charge in [0.05, 0.1) is 5.41 Å². The van der Waals surface area contributed by atoms with Gasteiger partial charge in [-0.05, 0) is 36.1 Å². The Kier molecular flexibility index (Phi) is 3.82. The number of rotatable bonds is 2. The van der Waals surface area contributed by atoms with Gasteiger partial charge in [-0.2, -0.15) is 4.98 Å². The van der Waals surface area contributed by atoms with Gasteiger partial charge in [-0.25, -0.2) is 0 Å². The first kappa shape index (κ1) is 15.6. The van der Waals surface area contributed by atoms with E-state index >= 15 is 0 Å². The zero-order valence-electron chi connectivity index (χ0n) is 13.4. The Labute approximate surface area is 147 Å². The highest BCUT2D eigenvalue weighted by Gasteiger charge is 2.51. The average Bonchev–Trinajstić information content (AvgIpc) is 3.29. The van der Waals surface area contributed by atoms with Crippen LogP contribution in [0.1, 0.15) is 25.2 Å². The predicted molar refractivity (Wildman–Crippen MR) is 96.4 cm³/mol. The number of aromatic nitrogens is 2. The number of nitrogens with zero attached hydrogens (tertiary/aromatic N) is 2. The van der Waals surface area contributed by atoms with E-state index in [2.05, 4.69) is 52.9 Å². The molecule has 2 atom stereocenters. The molecule has 2 fully saturated rings. The highest BCUT2D eigenvalue weighted by Crippen LogP contribution is 2.47. The fourth-order valence-corrected chi connectivity index (χ4v) is 4.46. The molecule has 4 nitrogen and oxygen atoms in total. The van der Waals surface area contributed by atoms with Crippen molar-refractivity contribution in [3.8, 4) is 11.4 Å². The van der Waals surface area contributed by atoms with Crippen molar-refractivity contribution in [1.82, 2.24) is 15.5 Å². The van der Waals surface area contributed by atoms with Crippen LogP contribution in [-0.4, -0.2) is 23.2 Å². The van der Waals surface area contributed by atoms with Crippen LogP contribution in [0.2, 0.25) is 0 Å². The van der Waals surface area contributed by atoms with Crippen LogP contribution in [0.5, 0.6) is 0 Å². The third-order valence-corrected chi connectivity index (χ3v) is 5.67. The van der Waals surface area contributed by atoms with Gasteiger partial charge in [-0.1, -0.05) is 54.0 Å². The van der Waals surface area contributed by atoms with Crippen LogP contribution >= 0.6 is 12.4 Å². The van der Waals surface area contributed by atoms with Crippen molar-refractivity contribution in [2.75, 3.05) is 13.1 Å². The van der Waals surface area contributed by atoms with Crippen LogP contribution in [0.4, 0.5) is 0 Å². The fraction of sp³-hybridized carbons (Fsp3) is 0.368. The number of nitrogens with one attached hydrogen (secondary N) is 1. The molecule has 1 N–H and O–H groups in total. The Morgan fingerprint density at radius 2 is 2.00 bits per heavy atom. The van der Waals surface area contributed by atoms with Gasteiger partial charge in [0.25, 0.3) is 0 Å². The van der Waals surface area contributed by atoms with Crippen molar-refractivity contribution in [2.45, 2.75) is 24.7 Å². The quantitative estimate of drug-likeness (QED) is 0.766. The molecular formula is C19H20ClN3O. The van der Waals surface area contributed by atoms with Gasteiger partial charge in [0.1, 0.15) is 0 Å². The van der Waals surface area contributed by atoms with E-state index in [1.807, 2.05) is 0 Å². The molecule has 1 saturated carbocycles. The predicted octanol–water partition coefficient (Wildman–Crippen LogP) is 3.95. The molecule has 0 amide bonds. The molecule has 0 radical (unpaired) electrons. The molecule has 2 heterocycles. The van der Waals surface area contributed by atoms with Crippen molar-refractivity contribution in [1.29, 1.82) is 0 Å². The monoisotopic (exact) mass is 341 g/mol. The molecule has 24 heavy (non-hydrogen) atoms. The lowest BCUT2D eigenvalue weighted by atomic mass is 9.80. The summed E-state index contributed by atoms with van der Waals surface area (Å²) in [5.41, 5.74) is 1.12. The van der Waals surface area contributed by atoms with Gasteiger partial charge >= 0.3 is 0 Å². The zero-order valence-corrected chi connectivity index (χ0v) is 14.2. The molecule has 1 saturated heterocycles. The summed E-state index contributed by atoms with van der Waals surface area (Å²) >= 11 is 0. The average molecular weight is 342 g/mol. The SMILES string of the molecule is Cl.c1ccc2c(-c3noc([C@@]45CCC[C@@H]4CNC5)n3)cccc2c1. The zero-order chi connectivity index (χ0) is 15.3. The molecule has 1 aromatic heterocycles. The second-order valence-corrected chi connectivity index (χ2v) is 6.83. The van der Waals surface area contributed by atoms with E-state index in [9.17, 15) is 0 Å². The van der Waals surface area contributed by atoms with Crippen molar-refractivity contribution >= 4 is 23.2 Å². The van der Waals surface area contributed by atoms with E-state index in [0.29, 0.717) is 11.7 Å². The summed E-state index contributed by atoms with van der Waals surface area (Å²) in [7, 11) is 0. The maximum Gasteiger partial charge on any atom is 0.234 e. The molecule has 124 valence electrons. The number of hydrogen-bond donors (Lipinski definition) is 1. The molecule has 5 heteroatoms. The van der Waals surface area contributed by atoms with Crippen LogP contribution < -0.4 is 5.32 Å². The van der Waals surface area contributed by atoms with E-state index in [1.54, 1.807) is 0 Å². The molecular weight excluding hydrogens is 322 g/mol. The first-order valence-corrected chi connectivity index (χ1v) is 8.40. The van der Waals surface area contributed by atoms with Crippen LogP contribution in [0.3, 0.4) is 0 Å². The van der Waals surface area contributed by atoms with Gasteiger partial charge < -0.3 is 9.84 Å². The summed E-state index contributed by atoms with van der Waals surface area (Å²) in [5.74, 6) is 2.18. The summed E-state index contributed by atoms with van der Waals surface area (Å²) < 4.78 is 5.76. The van der Waals surface area contributed by atoms with E-state index in [0.717, 1.165) is 31.0 Å². The highest BCUT2D eigenvalue weighted by atomic mass is 35.5. The number of halogens is 1. The van der Waals surface area contributed by atoms with Gasteiger partial charge in [-0.3, -0.25) is 0 Å². The number of fused-ring (bicyclic) bond motifs is 2. The molecule has 3 aromatic rings. The first-order valence-electron chi connectivity index (χ1n) is 8.40. The summed E-state index contributed by atoms with van der Waals surface area (Å²) in [6, 6.07) is 14.6. The van der Waals surface area contributed by atoms with Crippen molar-refractivity contribution in [3.05, 3.63) is 48.4 Å². The van der Waals surface area contributed by atoms with Gasteiger partial charge in [0.15, 0.2) is 0 Å². The minimum absolute atomic E-state index is 0. The lowest BCUT2D eigenvalue weighted by Crippen LogP contribution is -2.31. The molecule has 1 aliphatic heterocycles. The Hall–Kier alpha value is -1.91. The van der Waals surface area contributed by atoms with Crippen LogP contribution in [0, 0.1) is 5.92 Å². The largest absolute Gasteiger partial charge is 0.338 e. The summed E-state index contributed by atoms with van der Waals surface area (Å²) in [6.45, 7) is 2.04. The highest BCUT2D eigenvalue weighted by molar-refractivity contribution is 5.94. The number of benzene rings is 2. The summed E-state index contributed by atoms with van der Waals surface area (Å²) in [4.78, 5) is 4.83. The van der Waals surface area contributed by atoms with Crippen molar-refractivity contribution in [3.63, 3.8) is 0 Å². The lowest BCUT2D eigenvalue weighted by Gasteiger charge is -2.22. The lowest BCUT2D eigenvalue weighted by molar-refractivity contribution is 0.265. The second kappa shape index (κ2) is 5.87. The van der Waals surface area contributed by atoms with Crippen molar-refractivity contribution < 1.29 is 4.52 Å². The molecule has 2 aromatic carbocycles. The molecule has 0 bridgehead atoms. The van der Waals surface area contributed by atoms with Crippen LogP contribution in [0.25, 0.3) is 22.2 Å². The molecule has 2 aliphatic rings. The molecule has 5 rings (SSSR count). The van der Waals surface area contributed by atoms with Gasteiger partial charge in [0.2, 0.25) is 11.7 Å². The molecule has 0 spiro atoms. The van der Waals surface area contributed by atoms with E-state index < -0.39 is 0 Å². The van der Waals surface area contributed by atoms with Gasteiger partial charge in [0, 0.05) is 12.1 Å². The molecule has 1 aliphatic carbocycles. The normalized spacial score (nSPS) is 25.6. The standard InChI is InChI=1S/C19H19N3O.ClH/c1-2-8-15-13(5-1)6-3-9-16(15)17-21-18(23-22-17)19-10-4-7-14(19)11-20-12-19;/h1-3,5-6,8-9,14,20H,4,7,10-12H2;1H/t14-,19-;/m1./s1. The Morgan fingerprint density at radius 1 is 1.12 bits per heavy atom. The maximum absolute atomic E-state index is 5.76. The maximum atomic E-state index is 5.76. The first-order chi connectivity index (χ1) is 11.4. The number of hydrogen-bond acceptors (Lipinski definition) is 4. The summed E-state index contributed by atoms with van der Waals surface area (Å²) in [6.07, 6.45) is 3.68. The smallest absolute Gasteiger partial charge is 0.234 e.